The first-order chi connectivity index (χ1) is 17.3. The van der Waals surface area contributed by atoms with E-state index in [1.165, 1.54) is 25.6 Å². The van der Waals surface area contributed by atoms with Crippen molar-refractivity contribution in [3.05, 3.63) is 59.0 Å². The summed E-state index contributed by atoms with van der Waals surface area (Å²) < 4.78 is 11.2. The van der Waals surface area contributed by atoms with Crippen LogP contribution in [-0.2, 0) is 19.8 Å². The second-order valence-electron chi connectivity index (χ2n) is 10.9. The largest absolute Gasteiger partial charge is 0.489 e. The van der Waals surface area contributed by atoms with E-state index in [1.807, 2.05) is 38.8 Å². The van der Waals surface area contributed by atoms with E-state index >= 15 is 0 Å². The van der Waals surface area contributed by atoms with Crippen LogP contribution in [0.4, 0.5) is 5.69 Å². The molecule has 1 unspecified atom stereocenters. The van der Waals surface area contributed by atoms with E-state index in [2.05, 4.69) is 31.1 Å². The predicted octanol–water partition coefficient (Wildman–Crippen LogP) is 4.71. The van der Waals surface area contributed by atoms with Gasteiger partial charge < -0.3 is 14.8 Å². The van der Waals surface area contributed by atoms with Gasteiger partial charge in [0.2, 0.25) is 0 Å². The number of piperidine rings is 1. The molecule has 0 radical (unpaired) electrons. The second-order valence-corrected chi connectivity index (χ2v) is 10.9. The van der Waals surface area contributed by atoms with Gasteiger partial charge in [0.1, 0.15) is 23.5 Å². The Balaban J connectivity index is 1.90. The molecule has 1 fully saturated rings. The van der Waals surface area contributed by atoms with Gasteiger partial charge in [0, 0.05) is 25.6 Å². The van der Waals surface area contributed by atoms with Crippen LogP contribution in [0.3, 0.4) is 0 Å². The van der Waals surface area contributed by atoms with Gasteiger partial charge >= 0.3 is 5.97 Å². The fraction of sp³-hybridized carbons (Fsp3) is 0.464. The number of benzene rings is 1. The zero-order chi connectivity index (χ0) is 27.4. The normalized spacial score (nSPS) is 16.1. The second kappa shape index (κ2) is 11.2. The highest BCUT2D eigenvalue weighted by atomic mass is 16.7. The van der Waals surface area contributed by atoms with Gasteiger partial charge in [-0.2, -0.15) is 0 Å². The van der Waals surface area contributed by atoms with Gasteiger partial charge in [-0.3, -0.25) is 14.6 Å². The number of rotatable bonds is 6. The third-order valence-electron chi connectivity index (χ3n) is 5.74. The van der Waals surface area contributed by atoms with Gasteiger partial charge in [0.15, 0.2) is 0 Å². The fourth-order valence-corrected chi connectivity index (χ4v) is 3.87. The number of amides is 1. The van der Waals surface area contributed by atoms with E-state index in [0.29, 0.717) is 24.4 Å². The first kappa shape index (κ1) is 27.9. The number of methoxy groups -OCH3 is 1. The molecular weight excluding hydrogens is 474 g/mol. The van der Waals surface area contributed by atoms with Crippen molar-refractivity contribution in [2.24, 2.45) is 0 Å². The number of nitrogens with one attached hydrogen (secondary N) is 1. The Hall–Kier alpha value is -3.68. The van der Waals surface area contributed by atoms with Crippen molar-refractivity contribution in [3.8, 4) is 5.75 Å². The topological polar surface area (TPSA) is 107 Å². The van der Waals surface area contributed by atoms with Crippen LogP contribution in [0, 0.1) is 0 Å². The van der Waals surface area contributed by atoms with Crippen molar-refractivity contribution >= 4 is 23.5 Å². The Morgan fingerprint density at radius 3 is 2.46 bits per heavy atom. The van der Waals surface area contributed by atoms with Crippen molar-refractivity contribution in [3.63, 3.8) is 0 Å². The third-order valence-corrected chi connectivity index (χ3v) is 5.74. The van der Waals surface area contributed by atoms with Crippen molar-refractivity contribution in [1.29, 1.82) is 0 Å². The van der Waals surface area contributed by atoms with Crippen LogP contribution in [0.2, 0.25) is 0 Å². The van der Waals surface area contributed by atoms with Crippen LogP contribution in [-0.4, -0.2) is 53.2 Å². The van der Waals surface area contributed by atoms with E-state index in [9.17, 15) is 14.4 Å². The molecule has 1 aromatic carbocycles. The van der Waals surface area contributed by atoms with E-state index in [0.717, 1.165) is 5.56 Å². The van der Waals surface area contributed by atoms with Crippen LogP contribution in [0.1, 0.15) is 80.7 Å². The Morgan fingerprint density at radius 2 is 1.84 bits per heavy atom. The molecule has 9 nitrogen and oxygen atoms in total. The van der Waals surface area contributed by atoms with E-state index < -0.39 is 17.5 Å². The highest BCUT2D eigenvalue weighted by Crippen LogP contribution is 2.33. The van der Waals surface area contributed by atoms with Gasteiger partial charge in [-0.1, -0.05) is 26.8 Å². The minimum absolute atomic E-state index is 0.187. The molecular formula is C28H35N3O6. The predicted molar refractivity (Wildman–Crippen MR) is 139 cm³/mol. The maximum atomic E-state index is 13.4. The van der Waals surface area contributed by atoms with Crippen molar-refractivity contribution in [1.82, 2.24) is 10.0 Å². The number of ether oxygens (including phenoxy) is 2. The van der Waals surface area contributed by atoms with Gasteiger partial charge in [-0.05, 0) is 49.9 Å². The van der Waals surface area contributed by atoms with Gasteiger partial charge in [0.05, 0.1) is 35.7 Å². The molecule has 1 aliphatic rings. The Kier molecular flexibility index (Phi) is 8.41. The summed E-state index contributed by atoms with van der Waals surface area (Å²) in [7, 11) is 1.27. The Morgan fingerprint density at radius 1 is 1.11 bits per heavy atom. The molecule has 0 aliphatic carbocycles. The molecule has 1 saturated heterocycles. The number of carbonyl (C=O) groups is 2. The maximum Gasteiger partial charge on any atom is 0.340 e. The van der Waals surface area contributed by atoms with Crippen molar-refractivity contribution < 1.29 is 28.7 Å². The highest BCUT2D eigenvalue weighted by Gasteiger charge is 2.30. The SMILES string of the molecule is COC(=O)c1ccncc1NC(=O)c1ccc(C(C)(C)C)cc1OC1CCN(OC(C)(C)C)C(=C=O)C1. The summed E-state index contributed by atoms with van der Waals surface area (Å²) >= 11 is 0. The molecule has 1 amide bonds. The lowest BCUT2D eigenvalue weighted by atomic mass is 9.86. The number of carbonyl (C=O) groups excluding carboxylic acids is 3. The average molecular weight is 510 g/mol. The average Bonchev–Trinajstić information content (AvgIpc) is 2.83. The number of anilines is 1. The smallest absolute Gasteiger partial charge is 0.340 e. The lowest BCUT2D eigenvalue weighted by Crippen LogP contribution is -2.41. The number of hydrogen-bond acceptors (Lipinski definition) is 8. The summed E-state index contributed by atoms with van der Waals surface area (Å²) in [6.45, 7) is 12.4. The quantitative estimate of drug-likeness (QED) is 0.441. The highest BCUT2D eigenvalue weighted by molar-refractivity contribution is 6.09. The molecule has 198 valence electrons. The fourth-order valence-electron chi connectivity index (χ4n) is 3.87. The van der Waals surface area contributed by atoms with E-state index in [-0.39, 0.29) is 34.8 Å². The lowest BCUT2D eigenvalue weighted by molar-refractivity contribution is -0.217. The van der Waals surface area contributed by atoms with Crippen molar-refractivity contribution in [2.75, 3.05) is 19.0 Å². The Bertz CT molecular complexity index is 1210. The van der Waals surface area contributed by atoms with Crippen LogP contribution < -0.4 is 10.1 Å². The minimum Gasteiger partial charge on any atom is -0.489 e. The number of hydroxylamine groups is 2. The molecule has 1 aliphatic heterocycles. The summed E-state index contributed by atoms with van der Waals surface area (Å²) in [5.41, 5.74) is 1.40. The molecule has 0 bridgehead atoms. The minimum atomic E-state index is -0.588. The molecule has 3 rings (SSSR count). The van der Waals surface area contributed by atoms with E-state index in [4.69, 9.17) is 14.3 Å². The van der Waals surface area contributed by atoms with Crippen LogP contribution in [0.5, 0.6) is 5.75 Å². The lowest BCUT2D eigenvalue weighted by Gasteiger charge is -2.37. The summed E-state index contributed by atoms with van der Waals surface area (Å²) in [6, 6.07) is 6.90. The molecule has 1 N–H and O–H groups in total. The van der Waals surface area contributed by atoms with Crippen molar-refractivity contribution in [2.45, 2.75) is 71.5 Å². The first-order valence-electron chi connectivity index (χ1n) is 12.2. The zero-order valence-corrected chi connectivity index (χ0v) is 22.5. The number of nitrogens with zero attached hydrogens (tertiary/aromatic N) is 2. The van der Waals surface area contributed by atoms with E-state index in [1.54, 1.807) is 11.1 Å². The monoisotopic (exact) mass is 509 g/mol. The third kappa shape index (κ3) is 7.18. The molecule has 0 saturated carbocycles. The summed E-state index contributed by atoms with van der Waals surface area (Å²) in [4.78, 5) is 47.1. The molecule has 37 heavy (non-hydrogen) atoms. The zero-order valence-electron chi connectivity index (χ0n) is 22.5. The summed E-state index contributed by atoms with van der Waals surface area (Å²) in [5.74, 6) is 1.31. The molecule has 1 aromatic heterocycles. The number of pyridine rings is 1. The maximum absolute atomic E-state index is 13.4. The summed E-state index contributed by atoms with van der Waals surface area (Å²) in [6.07, 6.45) is 3.34. The summed E-state index contributed by atoms with van der Waals surface area (Å²) in [5, 5.41) is 4.32. The number of hydrogen-bond donors (Lipinski definition) is 1. The van der Waals surface area contributed by atoms with Gasteiger partial charge in [0.25, 0.3) is 5.91 Å². The molecule has 2 heterocycles. The van der Waals surface area contributed by atoms with Gasteiger partial charge in [-0.15, -0.1) is 0 Å². The standard InChI is InChI=1S/C28H35N3O6/c1-27(2,3)18-8-9-22(25(33)30-23-16-29-12-10-21(23)26(34)35-7)24(14-18)36-20-11-13-31(19(15-20)17-32)37-28(4,5)6/h8-10,12,14,16,20H,11,13,15H2,1-7H3,(H,30,33). The van der Waals surface area contributed by atoms with Crippen LogP contribution in [0.15, 0.2) is 42.4 Å². The Labute approximate surface area is 217 Å². The molecule has 0 spiro atoms. The van der Waals surface area contributed by atoms with Crippen LogP contribution >= 0.6 is 0 Å². The first-order valence-corrected chi connectivity index (χ1v) is 12.2. The number of esters is 1. The van der Waals surface area contributed by atoms with Gasteiger partial charge in [-0.25, -0.2) is 14.7 Å². The number of aromatic nitrogens is 1. The molecule has 1 atom stereocenters. The molecule has 2 aromatic rings. The molecule has 9 heteroatoms. The van der Waals surface area contributed by atoms with Crippen LogP contribution in [0.25, 0.3) is 0 Å².